The van der Waals surface area contributed by atoms with Crippen LogP contribution in [-0.2, 0) is 4.74 Å². The van der Waals surface area contributed by atoms with Gasteiger partial charge in [0.2, 0.25) is 0 Å². The second-order valence-electron chi connectivity index (χ2n) is 6.05. The van der Waals surface area contributed by atoms with Gasteiger partial charge in [-0.05, 0) is 32.1 Å². The summed E-state index contributed by atoms with van der Waals surface area (Å²) in [4.78, 5) is 14.2. The van der Waals surface area contributed by atoms with Gasteiger partial charge in [0.05, 0.1) is 12.7 Å². The van der Waals surface area contributed by atoms with Crippen LogP contribution in [0.25, 0.3) is 0 Å². The summed E-state index contributed by atoms with van der Waals surface area (Å²) in [5.74, 6) is 0. The SMILES string of the molecule is CCC1(CC)C(NC(=O)N(CCO)C2CC2)CC1OC. The lowest BCUT2D eigenvalue weighted by Crippen LogP contribution is -2.65. The van der Waals surface area contributed by atoms with Crippen molar-refractivity contribution in [2.24, 2.45) is 5.41 Å². The molecule has 2 atom stereocenters. The number of aliphatic hydroxyl groups excluding tert-OH is 1. The Hall–Kier alpha value is -0.810. The summed E-state index contributed by atoms with van der Waals surface area (Å²) in [6.07, 6.45) is 5.28. The second-order valence-corrected chi connectivity index (χ2v) is 6.05. The minimum atomic E-state index is -0.0209. The fraction of sp³-hybridized carbons (Fsp3) is 0.933. The third kappa shape index (κ3) is 2.66. The number of hydrogen-bond donors (Lipinski definition) is 2. The molecule has 0 spiro atoms. The standard InChI is InChI=1S/C15H28N2O3/c1-4-15(5-2)12(10-13(15)20-3)16-14(19)17(8-9-18)11-6-7-11/h11-13,18H,4-10H2,1-3H3,(H,16,19). The topological polar surface area (TPSA) is 61.8 Å². The van der Waals surface area contributed by atoms with E-state index in [9.17, 15) is 4.79 Å². The molecule has 5 heteroatoms. The average molecular weight is 284 g/mol. The van der Waals surface area contributed by atoms with Crippen molar-refractivity contribution < 1.29 is 14.6 Å². The maximum atomic E-state index is 12.4. The zero-order valence-corrected chi connectivity index (χ0v) is 12.9. The van der Waals surface area contributed by atoms with Crippen LogP contribution in [0, 0.1) is 5.41 Å². The molecule has 2 unspecified atom stereocenters. The first kappa shape index (κ1) is 15.6. The maximum Gasteiger partial charge on any atom is 0.317 e. The maximum absolute atomic E-state index is 12.4. The van der Waals surface area contributed by atoms with Gasteiger partial charge in [-0.3, -0.25) is 0 Å². The Morgan fingerprint density at radius 1 is 1.40 bits per heavy atom. The highest BCUT2D eigenvalue weighted by Crippen LogP contribution is 2.48. The van der Waals surface area contributed by atoms with Gasteiger partial charge >= 0.3 is 6.03 Å². The zero-order valence-electron chi connectivity index (χ0n) is 12.9. The molecule has 5 nitrogen and oxygen atoms in total. The van der Waals surface area contributed by atoms with E-state index in [1.807, 2.05) is 0 Å². The van der Waals surface area contributed by atoms with Crippen LogP contribution in [-0.4, -0.2) is 54.5 Å². The van der Waals surface area contributed by atoms with Crippen molar-refractivity contribution in [3.8, 4) is 0 Å². The van der Waals surface area contributed by atoms with Crippen LogP contribution >= 0.6 is 0 Å². The summed E-state index contributed by atoms with van der Waals surface area (Å²) < 4.78 is 5.56. The van der Waals surface area contributed by atoms with E-state index in [1.165, 1.54) is 0 Å². The molecule has 2 fully saturated rings. The quantitative estimate of drug-likeness (QED) is 0.748. The van der Waals surface area contributed by atoms with Crippen LogP contribution in [0.2, 0.25) is 0 Å². The fourth-order valence-electron chi connectivity index (χ4n) is 3.65. The molecular weight excluding hydrogens is 256 g/mol. The second kappa shape index (κ2) is 6.31. The van der Waals surface area contributed by atoms with Gasteiger partial charge in [-0.2, -0.15) is 0 Å². The first-order chi connectivity index (χ1) is 9.62. The number of nitrogens with zero attached hydrogens (tertiary/aromatic N) is 1. The molecule has 0 bridgehead atoms. The predicted molar refractivity (Wildman–Crippen MR) is 77.6 cm³/mol. The van der Waals surface area contributed by atoms with Crippen molar-refractivity contribution in [3.05, 3.63) is 0 Å². The van der Waals surface area contributed by atoms with Gasteiger partial charge in [0.1, 0.15) is 0 Å². The van der Waals surface area contributed by atoms with Crippen LogP contribution < -0.4 is 5.32 Å². The lowest BCUT2D eigenvalue weighted by Gasteiger charge is -2.55. The Morgan fingerprint density at radius 2 is 2.05 bits per heavy atom. The van der Waals surface area contributed by atoms with Crippen molar-refractivity contribution in [2.45, 2.75) is 64.1 Å². The monoisotopic (exact) mass is 284 g/mol. The van der Waals surface area contributed by atoms with Crippen molar-refractivity contribution >= 4 is 6.03 Å². The Bertz CT molecular complexity index is 340. The Kier molecular flexibility index (Phi) is 4.91. The number of urea groups is 1. The van der Waals surface area contributed by atoms with Gasteiger partial charge in [0.25, 0.3) is 0 Å². The summed E-state index contributed by atoms with van der Waals surface area (Å²) in [7, 11) is 1.76. The Morgan fingerprint density at radius 3 is 2.50 bits per heavy atom. The van der Waals surface area contributed by atoms with Gasteiger partial charge in [0, 0.05) is 31.2 Å². The van der Waals surface area contributed by atoms with E-state index < -0.39 is 0 Å². The van der Waals surface area contributed by atoms with E-state index in [4.69, 9.17) is 9.84 Å². The van der Waals surface area contributed by atoms with Crippen molar-refractivity contribution in [1.29, 1.82) is 0 Å². The Balaban J connectivity index is 1.96. The summed E-state index contributed by atoms with van der Waals surface area (Å²) in [6.45, 7) is 4.80. The highest BCUT2D eigenvalue weighted by Gasteiger charge is 2.54. The molecule has 0 heterocycles. The zero-order chi connectivity index (χ0) is 14.8. The van der Waals surface area contributed by atoms with E-state index >= 15 is 0 Å². The summed E-state index contributed by atoms with van der Waals surface area (Å²) in [5, 5.41) is 12.3. The third-order valence-electron chi connectivity index (χ3n) is 5.27. The number of ether oxygens (including phenoxy) is 1. The van der Waals surface area contributed by atoms with Gasteiger partial charge in [-0.1, -0.05) is 13.8 Å². The molecule has 116 valence electrons. The van der Waals surface area contributed by atoms with Crippen molar-refractivity contribution in [3.63, 3.8) is 0 Å². The van der Waals surface area contributed by atoms with Crippen molar-refractivity contribution in [2.75, 3.05) is 20.3 Å². The molecule has 0 aromatic carbocycles. The molecule has 2 saturated carbocycles. The lowest BCUT2D eigenvalue weighted by molar-refractivity contribution is -0.120. The van der Waals surface area contributed by atoms with Crippen LogP contribution in [0.15, 0.2) is 0 Å². The number of aliphatic hydroxyl groups is 1. The van der Waals surface area contributed by atoms with E-state index in [1.54, 1.807) is 12.0 Å². The molecule has 20 heavy (non-hydrogen) atoms. The first-order valence-corrected chi connectivity index (χ1v) is 7.83. The number of hydrogen-bond acceptors (Lipinski definition) is 3. The highest BCUT2D eigenvalue weighted by atomic mass is 16.5. The molecule has 2 aliphatic rings. The van der Waals surface area contributed by atoms with Crippen LogP contribution in [0.5, 0.6) is 0 Å². The van der Waals surface area contributed by atoms with E-state index in [2.05, 4.69) is 19.2 Å². The van der Waals surface area contributed by atoms with Crippen molar-refractivity contribution in [1.82, 2.24) is 10.2 Å². The lowest BCUT2D eigenvalue weighted by atomic mass is 9.58. The van der Waals surface area contributed by atoms with Crippen LogP contribution in [0.4, 0.5) is 4.79 Å². The molecule has 0 aromatic heterocycles. The number of carbonyl (C=O) groups excluding carboxylic acids is 1. The number of methoxy groups -OCH3 is 1. The van der Waals surface area contributed by atoms with E-state index in [-0.39, 0.29) is 30.2 Å². The van der Waals surface area contributed by atoms with Crippen LogP contribution in [0.3, 0.4) is 0 Å². The Labute approximate surface area is 121 Å². The predicted octanol–water partition coefficient (Wildman–Crippen LogP) is 1.75. The molecule has 0 aromatic rings. The molecule has 2 aliphatic carbocycles. The third-order valence-corrected chi connectivity index (χ3v) is 5.27. The van der Waals surface area contributed by atoms with Gasteiger partial charge in [-0.25, -0.2) is 4.79 Å². The average Bonchev–Trinajstić information content (AvgIpc) is 3.26. The van der Waals surface area contributed by atoms with Crippen LogP contribution in [0.1, 0.15) is 46.0 Å². The van der Waals surface area contributed by atoms with E-state index in [0.29, 0.717) is 12.6 Å². The fourth-order valence-corrected chi connectivity index (χ4v) is 3.65. The van der Waals surface area contributed by atoms with E-state index in [0.717, 1.165) is 32.1 Å². The largest absolute Gasteiger partial charge is 0.395 e. The van der Waals surface area contributed by atoms with Gasteiger partial charge < -0.3 is 20.1 Å². The number of amides is 2. The molecule has 2 N–H and O–H groups in total. The molecular formula is C15H28N2O3. The van der Waals surface area contributed by atoms with Gasteiger partial charge in [-0.15, -0.1) is 0 Å². The smallest absolute Gasteiger partial charge is 0.317 e. The van der Waals surface area contributed by atoms with Gasteiger partial charge in [0.15, 0.2) is 0 Å². The molecule has 0 radical (unpaired) electrons. The highest BCUT2D eigenvalue weighted by molar-refractivity contribution is 5.75. The molecule has 2 rings (SSSR count). The number of nitrogens with one attached hydrogen (secondary N) is 1. The molecule has 0 aliphatic heterocycles. The summed E-state index contributed by atoms with van der Waals surface area (Å²) in [6, 6.07) is 0.500. The summed E-state index contributed by atoms with van der Waals surface area (Å²) >= 11 is 0. The first-order valence-electron chi connectivity index (χ1n) is 7.83. The minimum absolute atomic E-state index is 0.0209. The minimum Gasteiger partial charge on any atom is -0.395 e. The number of rotatable bonds is 7. The molecule has 0 saturated heterocycles. The number of carbonyl (C=O) groups is 1. The summed E-state index contributed by atoms with van der Waals surface area (Å²) in [5.41, 5.74) is 0.0683. The normalized spacial score (nSPS) is 27.8. The molecule has 2 amide bonds.